The van der Waals surface area contributed by atoms with Crippen LogP contribution < -0.4 is 10.2 Å². The molecule has 2 aromatic rings. The lowest BCUT2D eigenvalue weighted by molar-refractivity contribution is 0.0950. The summed E-state index contributed by atoms with van der Waals surface area (Å²) in [7, 11) is 1.53. The molecule has 1 aromatic heterocycles. The summed E-state index contributed by atoms with van der Waals surface area (Å²) in [6.07, 6.45) is 2.99. The lowest BCUT2D eigenvalue weighted by Crippen LogP contribution is -2.17. The lowest BCUT2D eigenvalue weighted by Gasteiger charge is -2.03. The number of phenols is 1. The molecule has 0 aliphatic rings. The van der Waals surface area contributed by atoms with E-state index in [2.05, 4.69) is 31.4 Å². The number of carbonyl (C=O) groups excluding carboxylic acids is 1. The average molecular weight is 338 g/mol. The highest BCUT2D eigenvalue weighted by atomic mass is 79.9. The molecule has 0 radical (unpaired) electrons. The second kappa shape index (κ2) is 6.25. The minimum atomic E-state index is -0.380. The Morgan fingerprint density at radius 2 is 2.30 bits per heavy atom. The molecule has 0 atom stereocenters. The molecule has 104 valence electrons. The van der Waals surface area contributed by atoms with Crippen LogP contribution in [0.1, 0.15) is 16.1 Å². The summed E-state index contributed by atoms with van der Waals surface area (Å²) in [4.78, 5) is 14.5. The number of methoxy groups -OCH3 is 1. The number of carbonyl (C=O) groups is 1. The summed E-state index contributed by atoms with van der Waals surface area (Å²) in [6, 6.07) is 6.36. The maximum Gasteiger partial charge on any atom is 0.287 e. The molecular formula is C13H12BrN3O3. The first-order valence-corrected chi connectivity index (χ1v) is 6.44. The zero-order valence-electron chi connectivity index (χ0n) is 10.6. The number of aromatic amines is 1. The molecule has 0 bridgehead atoms. The Hall–Kier alpha value is -2.28. The van der Waals surface area contributed by atoms with Gasteiger partial charge in [-0.05, 0) is 40.2 Å². The molecule has 6 nitrogen and oxygen atoms in total. The quantitative estimate of drug-likeness (QED) is 0.590. The predicted octanol–water partition coefficient (Wildman–Crippen LogP) is 2.26. The Morgan fingerprint density at radius 3 is 2.95 bits per heavy atom. The first-order valence-electron chi connectivity index (χ1n) is 5.64. The molecule has 0 fully saturated rings. The number of ether oxygens (including phenoxy) is 1. The minimum absolute atomic E-state index is 0.0476. The molecule has 2 rings (SSSR count). The average Bonchev–Trinajstić information content (AvgIpc) is 2.87. The first-order chi connectivity index (χ1) is 9.60. The Labute approximate surface area is 123 Å². The molecule has 1 heterocycles. The summed E-state index contributed by atoms with van der Waals surface area (Å²) in [5, 5.41) is 13.4. The van der Waals surface area contributed by atoms with E-state index in [1.54, 1.807) is 24.4 Å². The number of benzene rings is 1. The van der Waals surface area contributed by atoms with Gasteiger partial charge in [0.2, 0.25) is 0 Å². The van der Waals surface area contributed by atoms with Gasteiger partial charge in [-0.2, -0.15) is 5.10 Å². The molecular weight excluding hydrogens is 326 g/mol. The van der Waals surface area contributed by atoms with Crippen LogP contribution in [0.25, 0.3) is 0 Å². The Morgan fingerprint density at radius 1 is 1.50 bits per heavy atom. The highest BCUT2D eigenvalue weighted by molar-refractivity contribution is 9.10. The molecule has 0 saturated carbocycles. The molecule has 1 aromatic carbocycles. The third-order valence-corrected chi connectivity index (χ3v) is 2.95. The van der Waals surface area contributed by atoms with Crippen molar-refractivity contribution in [1.82, 2.24) is 10.4 Å². The molecule has 1 amide bonds. The number of amides is 1. The van der Waals surface area contributed by atoms with Gasteiger partial charge in [0.05, 0.1) is 13.3 Å². The molecule has 20 heavy (non-hydrogen) atoms. The zero-order valence-corrected chi connectivity index (χ0v) is 12.1. The van der Waals surface area contributed by atoms with Crippen LogP contribution >= 0.6 is 15.9 Å². The zero-order chi connectivity index (χ0) is 14.5. The Balaban J connectivity index is 2.05. The molecule has 0 unspecified atom stereocenters. The second-order valence-electron chi connectivity index (χ2n) is 3.86. The van der Waals surface area contributed by atoms with E-state index in [0.717, 1.165) is 4.47 Å². The number of nitrogens with one attached hydrogen (secondary N) is 2. The standard InChI is InChI=1S/C13H12BrN3O3/c1-20-10-2-3-12(18)8(4-10)6-16-17-13(19)11-5-9(14)7-15-11/h2-7,15,18H,1H3,(H,17,19)/b16-6+. The summed E-state index contributed by atoms with van der Waals surface area (Å²) in [5.74, 6) is 0.254. The van der Waals surface area contributed by atoms with Gasteiger partial charge < -0.3 is 14.8 Å². The Bertz CT molecular complexity index is 652. The van der Waals surface area contributed by atoms with Gasteiger partial charge in [-0.1, -0.05) is 0 Å². The highest BCUT2D eigenvalue weighted by Gasteiger charge is 2.06. The molecule has 3 N–H and O–H groups in total. The van der Waals surface area contributed by atoms with Crippen molar-refractivity contribution < 1.29 is 14.6 Å². The smallest absolute Gasteiger partial charge is 0.287 e. The van der Waals surface area contributed by atoms with Gasteiger partial charge in [0, 0.05) is 16.2 Å². The number of H-pyrrole nitrogens is 1. The van der Waals surface area contributed by atoms with Crippen LogP contribution in [0, 0.1) is 0 Å². The van der Waals surface area contributed by atoms with E-state index in [0.29, 0.717) is 17.0 Å². The maximum atomic E-state index is 11.7. The fraction of sp³-hybridized carbons (Fsp3) is 0.0769. The van der Waals surface area contributed by atoms with Crippen molar-refractivity contribution >= 4 is 28.1 Å². The third-order valence-electron chi connectivity index (χ3n) is 2.50. The fourth-order valence-electron chi connectivity index (χ4n) is 1.48. The fourth-order valence-corrected chi connectivity index (χ4v) is 1.83. The first kappa shape index (κ1) is 14.1. The van der Waals surface area contributed by atoms with Crippen molar-refractivity contribution in [3.8, 4) is 11.5 Å². The second-order valence-corrected chi connectivity index (χ2v) is 4.77. The van der Waals surface area contributed by atoms with Gasteiger partial charge in [0.1, 0.15) is 17.2 Å². The molecule has 0 spiro atoms. The SMILES string of the molecule is COc1ccc(O)c(/C=N/NC(=O)c2cc(Br)c[nH]2)c1. The van der Waals surface area contributed by atoms with Crippen molar-refractivity contribution in [2.24, 2.45) is 5.10 Å². The molecule has 7 heteroatoms. The van der Waals surface area contributed by atoms with Crippen LogP contribution in [0.3, 0.4) is 0 Å². The van der Waals surface area contributed by atoms with E-state index >= 15 is 0 Å². The normalized spacial score (nSPS) is 10.7. The summed E-state index contributed by atoms with van der Waals surface area (Å²) in [6.45, 7) is 0. The van der Waals surface area contributed by atoms with Crippen LogP contribution in [-0.4, -0.2) is 29.3 Å². The van der Waals surface area contributed by atoms with Gasteiger partial charge in [-0.25, -0.2) is 5.43 Å². The maximum absolute atomic E-state index is 11.7. The van der Waals surface area contributed by atoms with E-state index in [4.69, 9.17) is 4.74 Å². The molecule has 0 aliphatic carbocycles. The van der Waals surface area contributed by atoms with Crippen LogP contribution in [0.4, 0.5) is 0 Å². The number of aromatic hydroxyl groups is 1. The summed E-state index contributed by atoms with van der Waals surface area (Å²) >= 11 is 3.23. The molecule has 0 aliphatic heterocycles. The van der Waals surface area contributed by atoms with Crippen molar-refractivity contribution in [2.75, 3.05) is 7.11 Å². The number of aromatic nitrogens is 1. The van der Waals surface area contributed by atoms with Crippen LogP contribution in [-0.2, 0) is 0 Å². The van der Waals surface area contributed by atoms with Gasteiger partial charge in [0.15, 0.2) is 0 Å². The van der Waals surface area contributed by atoms with Crippen LogP contribution in [0.5, 0.6) is 11.5 Å². The van der Waals surface area contributed by atoms with E-state index in [9.17, 15) is 9.90 Å². The van der Waals surface area contributed by atoms with Gasteiger partial charge in [0.25, 0.3) is 5.91 Å². The number of hydrogen-bond donors (Lipinski definition) is 3. The van der Waals surface area contributed by atoms with E-state index in [-0.39, 0.29) is 11.7 Å². The van der Waals surface area contributed by atoms with E-state index in [1.807, 2.05) is 0 Å². The van der Waals surface area contributed by atoms with Crippen molar-refractivity contribution in [2.45, 2.75) is 0 Å². The van der Waals surface area contributed by atoms with Gasteiger partial charge >= 0.3 is 0 Å². The summed E-state index contributed by atoms with van der Waals surface area (Å²) < 4.78 is 5.81. The van der Waals surface area contributed by atoms with Crippen LogP contribution in [0.2, 0.25) is 0 Å². The van der Waals surface area contributed by atoms with E-state index in [1.165, 1.54) is 19.4 Å². The molecule has 0 saturated heterocycles. The van der Waals surface area contributed by atoms with Gasteiger partial charge in [-0.15, -0.1) is 0 Å². The summed E-state index contributed by atoms with van der Waals surface area (Å²) in [5.41, 5.74) is 3.17. The highest BCUT2D eigenvalue weighted by Crippen LogP contribution is 2.20. The number of phenolic OH excluding ortho intramolecular Hbond substituents is 1. The topological polar surface area (TPSA) is 86.7 Å². The van der Waals surface area contributed by atoms with Crippen LogP contribution in [0.15, 0.2) is 40.0 Å². The monoisotopic (exact) mass is 337 g/mol. The number of hydrogen-bond acceptors (Lipinski definition) is 4. The number of hydrazone groups is 1. The van der Waals surface area contributed by atoms with Gasteiger partial charge in [-0.3, -0.25) is 4.79 Å². The van der Waals surface area contributed by atoms with Crippen molar-refractivity contribution in [3.05, 3.63) is 46.2 Å². The number of nitrogens with zero attached hydrogens (tertiary/aromatic N) is 1. The third kappa shape index (κ3) is 3.39. The minimum Gasteiger partial charge on any atom is -0.507 e. The lowest BCUT2D eigenvalue weighted by atomic mass is 10.2. The predicted molar refractivity (Wildman–Crippen MR) is 78.2 cm³/mol. The Kier molecular flexibility index (Phi) is 4.41. The van der Waals surface area contributed by atoms with Crippen molar-refractivity contribution in [3.63, 3.8) is 0 Å². The number of rotatable bonds is 4. The van der Waals surface area contributed by atoms with Crippen molar-refractivity contribution in [1.29, 1.82) is 0 Å². The number of halogens is 1. The van der Waals surface area contributed by atoms with E-state index < -0.39 is 0 Å². The largest absolute Gasteiger partial charge is 0.507 e.